The van der Waals surface area contributed by atoms with Crippen molar-refractivity contribution in [1.29, 1.82) is 5.26 Å². The first kappa shape index (κ1) is 21.5. The number of alkyl halides is 2. The topological polar surface area (TPSA) is 81.0 Å². The van der Waals surface area contributed by atoms with Crippen LogP contribution in [-0.2, 0) is 0 Å². The Bertz CT molecular complexity index is 1040. The Hall–Kier alpha value is -2.38. The highest BCUT2D eigenvalue weighted by Crippen LogP contribution is 2.55. The van der Waals surface area contributed by atoms with Gasteiger partial charge in [-0.1, -0.05) is 0 Å². The van der Waals surface area contributed by atoms with Crippen LogP contribution in [0.5, 0.6) is 0 Å². The number of anilines is 3. The number of halogens is 2. The molecule has 0 aromatic carbocycles. The monoisotopic (exact) mass is 459 g/mol. The largest absolute Gasteiger partial charge is 0.352 e. The summed E-state index contributed by atoms with van der Waals surface area (Å²) in [4.78, 5) is 13.7. The first-order chi connectivity index (χ1) is 15.3. The maximum Gasteiger partial charge on any atom is 0.251 e. The van der Waals surface area contributed by atoms with Crippen molar-refractivity contribution in [2.24, 2.45) is 11.8 Å². The van der Waals surface area contributed by atoms with Crippen molar-refractivity contribution in [2.45, 2.75) is 51.0 Å². The van der Waals surface area contributed by atoms with Gasteiger partial charge in [0, 0.05) is 37.2 Å². The zero-order chi connectivity index (χ0) is 22.5. The zero-order valence-corrected chi connectivity index (χ0v) is 19.1. The average Bonchev–Trinajstić information content (AvgIpc) is 3.18. The molecule has 4 heterocycles. The molecule has 1 saturated carbocycles. The molecule has 1 aliphatic carbocycles. The van der Waals surface area contributed by atoms with Crippen molar-refractivity contribution >= 4 is 28.3 Å². The third kappa shape index (κ3) is 3.92. The predicted molar refractivity (Wildman–Crippen MR) is 119 cm³/mol. The molecule has 0 bridgehead atoms. The molecule has 32 heavy (non-hydrogen) atoms. The second kappa shape index (κ2) is 7.89. The maximum atomic E-state index is 13.5. The summed E-state index contributed by atoms with van der Waals surface area (Å²) in [6.07, 6.45) is 3.89. The molecule has 0 radical (unpaired) electrons. The molecule has 3 fully saturated rings. The van der Waals surface area contributed by atoms with Gasteiger partial charge in [0.1, 0.15) is 10.8 Å². The zero-order valence-electron chi connectivity index (χ0n) is 18.3. The van der Waals surface area contributed by atoms with Gasteiger partial charge < -0.3 is 10.2 Å². The van der Waals surface area contributed by atoms with E-state index in [0.717, 1.165) is 48.0 Å². The van der Waals surface area contributed by atoms with Crippen molar-refractivity contribution in [3.05, 3.63) is 23.5 Å². The minimum absolute atomic E-state index is 0.0548. The summed E-state index contributed by atoms with van der Waals surface area (Å²) in [6, 6.07) is 4.32. The van der Waals surface area contributed by atoms with Crippen LogP contribution in [0.1, 0.15) is 36.9 Å². The quantitative estimate of drug-likeness (QED) is 0.696. The fourth-order valence-electron chi connectivity index (χ4n) is 5.25. The molecule has 1 N–H and O–H groups in total. The van der Waals surface area contributed by atoms with Crippen LogP contribution in [0.15, 0.2) is 12.3 Å². The Morgan fingerprint density at radius 1 is 1.28 bits per heavy atom. The maximum absolute atomic E-state index is 13.5. The van der Waals surface area contributed by atoms with Crippen LogP contribution in [0.4, 0.5) is 25.5 Å². The minimum atomic E-state index is -2.45. The highest BCUT2D eigenvalue weighted by atomic mass is 32.1. The lowest BCUT2D eigenvalue weighted by atomic mass is 9.81. The molecule has 0 spiro atoms. The van der Waals surface area contributed by atoms with Gasteiger partial charge in [-0.3, -0.25) is 4.90 Å². The summed E-state index contributed by atoms with van der Waals surface area (Å²) in [5.74, 6) is -1.36. The van der Waals surface area contributed by atoms with E-state index < -0.39 is 11.8 Å². The van der Waals surface area contributed by atoms with Gasteiger partial charge in [-0.15, -0.1) is 0 Å². The normalized spacial score (nSPS) is 24.6. The Labute approximate surface area is 190 Å². The van der Waals surface area contributed by atoms with Crippen molar-refractivity contribution in [3.63, 3.8) is 0 Å². The Balaban J connectivity index is 1.25. The number of aromatic nitrogens is 3. The summed E-state index contributed by atoms with van der Waals surface area (Å²) in [6.45, 7) is 6.92. The van der Waals surface area contributed by atoms with Crippen LogP contribution in [0.2, 0.25) is 0 Å². The molecule has 1 atom stereocenters. The van der Waals surface area contributed by atoms with E-state index >= 15 is 0 Å². The van der Waals surface area contributed by atoms with E-state index in [0.29, 0.717) is 25.5 Å². The van der Waals surface area contributed by atoms with Crippen LogP contribution in [0, 0.1) is 37.0 Å². The van der Waals surface area contributed by atoms with E-state index in [1.54, 1.807) is 0 Å². The molecular formula is C22H27F2N7S. The van der Waals surface area contributed by atoms with Crippen LogP contribution in [0.25, 0.3) is 0 Å². The molecule has 3 aliphatic rings. The highest BCUT2D eigenvalue weighted by molar-refractivity contribution is 7.10. The second-order valence-electron chi connectivity index (χ2n) is 9.47. The summed E-state index contributed by atoms with van der Waals surface area (Å²) >= 11 is 1.37. The third-order valence-corrected chi connectivity index (χ3v) is 7.94. The van der Waals surface area contributed by atoms with Gasteiger partial charge in [0.25, 0.3) is 5.92 Å². The highest BCUT2D eigenvalue weighted by Gasteiger charge is 2.60. The van der Waals surface area contributed by atoms with Gasteiger partial charge in [0.2, 0.25) is 5.95 Å². The smallest absolute Gasteiger partial charge is 0.251 e. The first-order valence-corrected chi connectivity index (χ1v) is 11.9. The average molecular weight is 460 g/mol. The standard InChI is InChI=1S/C22H27F2N7S/c1-14-11-26-20(27-18-9-15(2)29-32-18)28-19(14)30-12-21(13-30,5-6-25)31-7-3-16(4-8-31)17-10-22(17,23)24/h9,11,16-17H,3-5,7-8,10,12-13H2,1-2H3,(H,26,27,28). The Morgan fingerprint density at radius 3 is 2.59 bits per heavy atom. The van der Waals surface area contributed by atoms with Gasteiger partial charge in [-0.25, -0.2) is 13.8 Å². The summed E-state index contributed by atoms with van der Waals surface area (Å²) in [5.41, 5.74) is 1.70. The molecule has 2 aliphatic heterocycles. The lowest BCUT2D eigenvalue weighted by molar-refractivity contribution is 0.0136. The Morgan fingerprint density at radius 2 is 2.00 bits per heavy atom. The second-order valence-corrected chi connectivity index (χ2v) is 10.3. The van der Waals surface area contributed by atoms with Crippen molar-refractivity contribution in [2.75, 3.05) is 36.4 Å². The molecular weight excluding hydrogens is 432 g/mol. The number of nitrogens with one attached hydrogen (secondary N) is 1. The molecule has 2 aromatic heterocycles. The lowest BCUT2D eigenvalue weighted by Crippen LogP contribution is -2.71. The molecule has 5 rings (SSSR count). The third-order valence-electron chi connectivity index (χ3n) is 7.14. The number of hydrogen-bond acceptors (Lipinski definition) is 8. The van der Waals surface area contributed by atoms with Crippen molar-refractivity contribution in [3.8, 4) is 6.07 Å². The first-order valence-electron chi connectivity index (χ1n) is 11.1. The molecule has 0 amide bonds. The van der Waals surface area contributed by atoms with Gasteiger partial charge in [0.15, 0.2) is 0 Å². The van der Waals surface area contributed by atoms with E-state index in [-0.39, 0.29) is 17.9 Å². The van der Waals surface area contributed by atoms with E-state index in [2.05, 4.69) is 30.5 Å². The molecule has 10 heteroatoms. The summed E-state index contributed by atoms with van der Waals surface area (Å²) in [7, 11) is 0. The number of hydrogen-bond donors (Lipinski definition) is 1. The number of aryl methyl sites for hydroxylation is 2. The number of piperidine rings is 1. The van der Waals surface area contributed by atoms with Gasteiger partial charge in [-0.05, 0) is 63.3 Å². The van der Waals surface area contributed by atoms with E-state index in [1.165, 1.54) is 11.5 Å². The fraction of sp³-hybridized carbons (Fsp3) is 0.636. The SMILES string of the molecule is Cc1cc(Nc2ncc(C)c(N3CC(CC#N)(N4CCC(C5CC5(F)F)CC4)C3)n2)sn1. The predicted octanol–water partition coefficient (Wildman–Crippen LogP) is 4.13. The van der Waals surface area contributed by atoms with E-state index in [4.69, 9.17) is 4.98 Å². The molecule has 7 nitrogen and oxygen atoms in total. The van der Waals surface area contributed by atoms with Gasteiger partial charge in [-0.2, -0.15) is 14.6 Å². The van der Waals surface area contributed by atoms with Gasteiger partial charge in [0.05, 0.1) is 23.7 Å². The molecule has 2 aromatic rings. The lowest BCUT2D eigenvalue weighted by Gasteiger charge is -2.57. The summed E-state index contributed by atoms with van der Waals surface area (Å²) in [5, 5.41) is 13.6. The fourth-order valence-corrected chi connectivity index (χ4v) is 5.91. The Kier molecular flexibility index (Phi) is 5.29. The van der Waals surface area contributed by atoms with Crippen LogP contribution in [0.3, 0.4) is 0 Å². The number of rotatable bonds is 6. The number of nitrogens with zero attached hydrogens (tertiary/aromatic N) is 6. The molecule has 2 saturated heterocycles. The van der Waals surface area contributed by atoms with E-state index in [9.17, 15) is 14.0 Å². The number of nitriles is 1. The van der Waals surface area contributed by atoms with Crippen LogP contribution >= 0.6 is 11.5 Å². The van der Waals surface area contributed by atoms with Crippen LogP contribution in [-0.4, -0.2) is 56.9 Å². The van der Waals surface area contributed by atoms with Crippen molar-refractivity contribution in [1.82, 2.24) is 19.2 Å². The van der Waals surface area contributed by atoms with Crippen molar-refractivity contribution < 1.29 is 8.78 Å². The van der Waals surface area contributed by atoms with Crippen LogP contribution < -0.4 is 10.2 Å². The van der Waals surface area contributed by atoms with Gasteiger partial charge >= 0.3 is 0 Å². The summed E-state index contributed by atoms with van der Waals surface area (Å²) < 4.78 is 31.2. The molecule has 1 unspecified atom stereocenters. The minimum Gasteiger partial charge on any atom is -0.352 e. The number of likely N-dealkylation sites (tertiary alicyclic amines) is 1. The van der Waals surface area contributed by atoms with E-state index in [1.807, 2.05) is 26.1 Å². The molecule has 170 valence electrons.